The molecule has 118 valence electrons. The Morgan fingerprint density at radius 3 is 2.61 bits per heavy atom. The third kappa shape index (κ3) is 2.88. The van der Waals surface area contributed by atoms with E-state index >= 15 is 0 Å². The molecule has 1 aromatic heterocycles. The smallest absolute Gasteiger partial charge is 0.113 e. The summed E-state index contributed by atoms with van der Waals surface area (Å²) in [6.45, 7) is 5.39. The fourth-order valence-electron chi connectivity index (χ4n) is 3.27. The molecule has 1 atom stereocenters. The molecule has 0 saturated heterocycles. The Labute approximate surface area is 142 Å². The molecule has 0 amide bonds. The highest BCUT2D eigenvalue weighted by Gasteiger charge is 2.30. The second-order valence-electron chi connectivity index (χ2n) is 6.80. The lowest BCUT2D eigenvalue weighted by Gasteiger charge is -2.16. The summed E-state index contributed by atoms with van der Waals surface area (Å²) in [7, 11) is 0. The van der Waals surface area contributed by atoms with Gasteiger partial charge in [0.05, 0.1) is 11.0 Å². The third-order valence-corrected chi connectivity index (χ3v) is 5.02. The Morgan fingerprint density at radius 2 is 1.91 bits per heavy atom. The van der Waals surface area contributed by atoms with Crippen molar-refractivity contribution in [2.45, 2.75) is 45.1 Å². The molecule has 23 heavy (non-hydrogen) atoms. The van der Waals surface area contributed by atoms with Crippen molar-refractivity contribution < 1.29 is 0 Å². The van der Waals surface area contributed by atoms with E-state index in [2.05, 4.69) is 48.7 Å². The number of benzene rings is 2. The van der Waals surface area contributed by atoms with E-state index in [-0.39, 0.29) is 0 Å². The van der Waals surface area contributed by atoms with Gasteiger partial charge in [-0.25, -0.2) is 4.98 Å². The third-order valence-electron chi connectivity index (χ3n) is 4.77. The van der Waals surface area contributed by atoms with Crippen molar-refractivity contribution >= 4 is 22.6 Å². The van der Waals surface area contributed by atoms with Crippen LogP contribution in [-0.2, 0) is 6.54 Å². The number of hydrogen-bond donors (Lipinski definition) is 0. The molecule has 1 fully saturated rings. The Hall–Kier alpha value is -1.80. The van der Waals surface area contributed by atoms with Crippen molar-refractivity contribution in [3.05, 3.63) is 64.4 Å². The molecule has 0 aliphatic heterocycles. The van der Waals surface area contributed by atoms with Crippen LogP contribution in [-0.4, -0.2) is 9.55 Å². The first-order valence-corrected chi connectivity index (χ1v) is 8.72. The minimum absolute atomic E-state index is 0.433. The average molecular weight is 325 g/mol. The molecule has 1 saturated carbocycles. The zero-order valence-corrected chi connectivity index (χ0v) is 14.3. The SMILES string of the molecule is Cc1ccc2nc(C3CC3)n(CC(C)c3ccc(Cl)cc3)c2c1. The van der Waals surface area contributed by atoms with Crippen molar-refractivity contribution in [2.75, 3.05) is 0 Å². The normalized spacial score (nSPS) is 16.0. The zero-order valence-electron chi connectivity index (χ0n) is 13.6. The van der Waals surface area contributed by atoms with Gasteiger partial charge < -0.3 is 4.57 Å². The van der Waals surface area contributed by atoms with Crippen molar-refractivity contribution in [2.24, 2.45) is 0 Å². The van der Waals surface area contributed by atoms with Crippen LogP contribution in [0.25, 0.3) is 11.0 Å². The number of fused-ring (bicyclic) bond motifs is 1. The van der Waals surface area contributed by atoms with E-state index in [9.17, 15) is 0 Å². The molecule has 3 heteroatoms. The second-order valence-corrected chi connectivity index (χ2v) is 7.24. The van der Waals surface area contributed by atoms with Crippen LogP contribution in [0.15, 0.2) is 42.5 Å². The van der Waals surface area contributed by atoms with Gasteiger partial charge in [0, 0.05) is 17.5 Å². The quantitative estimate of drug-likeness (QED) is 0.603. The fraction of sp³-hybridized carbons (Fsp3) is 0.350. The summed E-state index contributed by atoms with van der Waals surface area (Å²) in [6.07, 6.45) is 2.55. The molecular formula is C20H21ClN2. The number of aromatic nitrogens is 2. The van der Waals surface area contributed by atoms with E-state index in [1.165, 1.54) is 35.3 Å². The van der Waals surface area contributed by atoms with E-state index in [1.54, 1.807) is 0 Å². The Bertz CT molecular complexity index is 844. The summed E-state index contributed by atoms with van der Waals surface area (Å²) in [5, 5.41) is 0.795. The van der Waals surface area contributed by atoms with E-state index in [4.69, 9.17) is 16.6 Å². The van der Waals surface area contributed by atoms with E-state index in [0.29, 0.717) is 11.8 Å². The van der Waals surface area contributed by atoms with Gasteiger partial charge in [0.1, 0.15) is 5.82 Å². The van der Waals surface area contributed by atoms with Crippen LogP contribution in [0.2, 0.25) is 5.02 Å². The van der Waals surface area contributed by atoms with Crippen LogP contribution in [0.4, 0.5) is 0 Å². The molecule has 2 aromatic carbocycles. The van der Waals surface area contributed by atoms with Gasteiger partial charge in [0.15, 0.2) is 0 Å². The van der Waals surface area contributed by atoms with Crippen LogP contribution in [0.3, 0.4) is 0 Å². The predicted molar refractivity (Wildman–Crippen MR) is 96.3 cm³/mol. The molecule has 0 radical (unpaired) electrons. The molecule has 4 rings (SSSR count). The maximum Gasteiger partial charge on any atom is 0.113 e. The zero-order chi connectivity index (χ0) is 16.0. The first-order chi connectivity index (χ1) is 11.1. The minimum Gasteiger partial charge on any atom is -0.327 e. The van der Waals surface area contributed by atoms with Crippen molar-refractivity contribution in [3.63, 3.8) is 0 Å². The topological polar surface area (TPSA) is 17.8 Å². The summed E-state index contributed by atoms with van der Waals surface area (Å²) >= 11 is 6.01. The highest BCUT2D eigenvalue weighted by Crippen LogP contribution is 2.41. The Morgan fingerprint density at radius 1 is 1.17 bits per heavy atom. The lowest BCUT2D eigenvalue weighted by Crippen LogP contribution is -2.09. The summed E-state index contributed by atoms with van der Waals surface area (Å²) in [6, 6.07) is 14.8. The highest BCUT2D eigenvalue weighted by atomic mass is 35.5. The summed E-state index contributed by atoms with van der Waals surface area (Å²) in [5.41, 5.74) is 5.01. The van der Waals surface area contributed by atoms with Gasteiger partial charge in [0.2, 0.25) is 0 Å². The lowest BCUT2D eigenvalue weighted by atomic mass is 10.0. The largest absolute Gasteiger partial charge is 0.327 e. The van der Waals surface area contributed by atoms with Crippen LogP contribution < -0.4 is 0 Å². The Balaban J connectivity index is 1.73. The molecule has 3 aromatic rings. The van der Waals surface area contributed by atoms with Gasteiger partial charge in [-0.1, -0.05) is 36.7 Å². The highest BCUT2D eigenvalue weighted by molar-refractivity contribution is 6.30. The number of halogens is 1. The average Bonchev–Trinajstić information content (AvgIpc) is 3.32. The van der Waals surface area contributed by atoms with Crippen LogP contribution in [0.1, 0.15) is 48.6 Å². The first-order valence-electron chi connectivity index (χ1n) is 8.34. The molecule has 0 N–H and O–H groups in total. The van der Waals surface area contributed by atoms with Crippen LogP contribution >= 0.6 is 11.6 Å². The van der Waals surface area contributed by atoms with Gasteiger partial charge in [0.25, 0.3) is 0 Å². The molecule has 1 heterocycles. The number of hydrogen-bond acceptors (Lipinski definition) is 1. The molecule has 0 spiro atoms. The van der Waals surface area contributed by atoms with E-state index < -0.39 is 0 Å². The van der Waals surface area contributed by atoms with Crippen molar-refractivity contribution in [1.82, 2.24) is 9.55 Å². The number of imidazole rings is 1. The molecular weight excluding hydrogens is 304 g/mol. The first kappa shape index (κ1) is 14.8. The van der Waals surface area contributed by atoms with Crippen LogP contribution in [0, 0.1) is 6.92 Å². The minimum atomic E-state index is 0.433. The summed E-state index contributed by atoms with van der Waals surface area (Å²) in [5.74, 6) is 2.36. The summed E-state index contributed by atoms with van der Waals surface area (Å²) < 4.78 is 2.44. The van der Waals surface area contributed by atoms with E-state index in [0.717, 1.165) is 17.1 Å². The van der Waals surface area contributed by atoms with E-state index in [1.807, 2.05) is 12.1 Å². The predicted octanol–water partition coefficient (Wildman–Crippen LogP) is 5.68. The molecule has 1 aliphatic rings. The van der Waals surface area contributed by atoms with Crippen molar-refractivity contribution in [1.29, 1.82) is 0 Å². The number of aryl methyl sites for hydroxylation is 1. The van der Waals surface area contributed by atoms with Gasteiger partial charge in [-0.15, -0.1) is 0 Å². The monoisotopic (exact) mass is 324 g/mol. The maximum atomic E-state index is 6.01. The molecule has 2 nitrogen and oxygen atoms in total. The van der Waals surface area contributed by atoms with Gasteiger partial charge in [-0.2, -0.15) is 0 Å². The summed E-state index contributed by atoms with van der Waals surface area (Å²) in [4.78, 5) is 4.92. The maximum absolute atomic E-state index is 6.01. The second kappa shape index (κ2) is 5.68. The van der Waals surface area contributed by atoms with Crippen molar-refractivity contribution in [3.8, 4) is 0 Å². The van der Waals surface area contributed by atoms with Crippen LogP contribution in [0.5, 0.6) is 0 Å². The Kier molecular flexibility index (Phi) is 3.65. The standard InChI is InChI=1S/C20H21ClN2/c1-13-3-10-18-19(11-13)23(20(22-18)16-4-5-16)12-14(2)15-6-8-17(21)9-7-15/h3,6-11,14,16H,4-5,12H2,1-2H3. The molecule has 1 aliphatic carbocycles. The van der Waals surface area contributed by atoms with Gasteiger partial charge in [-0.3, -0.25) is 0 Å². The van der Waals surface area contributed by atoms with Gasteiger partial charge >= 0.3 is 0 Å². The molecule has 0 bridgehead atoms. The lowest BCUT2D eigenvalue weighted by molar-refractivity contribution is 0.586. The fourth-order valence-corrected chi connectivity index (χ4v) is 3.39. The van der Waals surface area contributed by atoms with Gasteiger partial charge in [-0.05, 0) is 61.1 Å². The number of rotatable bonds is 4. The number of nitrogens with zero attached hydrogens (tertiary/aromatic N) is 2. The molecule has 1 unspecified atom stereocenters.